The molecule has 1 aromatic heterocycles. The summed E-state index contributed by atoms with van der Waals surface area (Å²) in [6, 6.07) is 22.6. The third-order valence-corrected chi connectivity index (χ3v) is 7.92. The van der Waals surface area contributed by atoms with Crippen LogP contribution < -0.4 is 4.74 Å². The molecule has 2 aliphatic carbocycles. The largest absolute Gasteiger partial charge is 0.497 e. The molecule has 0 spiro atoms. The van der Waals surface area contributed by atoms with Gasteiger partial charge in [-0.1, -0.05) is 61.7 Å². The molecule has 3 aromatic rings. The Kier molecular flexibility index (Phi) is 8.47. The Morgan fingerprint density at radius 1 is 0.789 bits per heavy atom. The molecule has 2 aromatic carbocycles. The number of amides is 2. The Balaban J connectivity index is 1.29. The molecule has 6 heteroatoms. The molecule has 2 fully saturated rings. The second-order valence-corrected chi connectivity index (χ2v) is 10.7. The molecule has 5 rings (SSSR count). The SMILES string of the molecule is COc1ccc(CC(=O)N(CC(=O)N(Cc2cccn2Cc2ccccc2)C2CC2)C2CCCCC2)cc1. The number of rotatable bonds is 11. The minimum Gasteiger partial charge on any atom is -0.497 e. The first-order valence-electron chi connectivity index (χ1n) is 14.0. The lowest BCUT2D eigenvalue weighted by atomic mass is 9.93. The molecule has 38 heavy (non-hydrogen) atoms. The fraction of sp³-hybridized carbons (Fsp3) is 0.438. The summed E-state index contributed by atoms with van der Waals surface area (Å²) in [4.78, 5) is 31.3. The topological polar surface area (TPSA) is 54.8 Å². The summed E-state index contributed by atoms with van der Waals surface area (Å²) in [6.07, 6.45) is 9.85. The monoisotopic (exact) mass is 513 g/mol. The second-order valence-electron chi connectivity index (χ2n) is 10.7. The van der Waals surface area contributed by atoms with Gasteiger partial charge >= 0.3 is 0 Å². The summed E-state index contributed by atoms with van der Waals surface area (Å²) in [5.74, 6) is 0.879. The summed E-state index contributed by atoms with van der Waals surface area (Å²) in [5.41, 5.74) is 3.31. The number of ether oxygens (including phenoxy) is 1. The smallest absolute Gasteiger partial charge is 0.242 e. The first-order valence-corrected chi connectivity index (χ1v) is 14.0. The fourth-order valence-electron chi connectivity index (χ4n) is 5.58. The van der Waals surface area contributed by atoms with E-state index < -0.39 is 0 Å². The highest BCUT2D eigenvalue weighted by atomic mass is 16.5. The van der Waals surface area contributed by atoms with Gasteiger partial charge in [0.05, 0.1) is 20.1 Å². The van der Waals surface area contributed by atoms with E-state index in [0.717, 1.165) is 62.1 Å². The third kappa shape index (κ3) is 6.66. The number of methoxy groups -OCH3 is 1. The van der Waals surface area contributed by atoms with Crippen molar-refractivity contribution in [1.29, 1.82) is 0 Å². The van der Waals surface area contributed by atoms with Crippen molar-refractivity contribution in [2.75, 3.05) is 13.7 Å². The highest BCUT2D eigenvalue weighted by Gasteiger charge is 2.36. The Bertz CT molecular complexity index is 1190. The lowest BCUT2D eigenvalue weighted by molar-refractivity contribution is -0.143. The van der Waals surface area contributed by atoms with E-state index in [4.69, 9.17) is 4.74 Å². The van der Waals surface area contributed by atoms with Crippen LogP contribution in [-0.4, -0.2) is 51.9 Å². The molecule has 6 nitrogen and oxygen atoms in total. The van der Waals surface area contributed by atoms with Crippen molar-refractivity contribution in [1.82, 2.24) is 14.4 Å². The minimum atomic E-state index is 0.0404. The standard InChI is InChI=1S/C32H39N3O3/c1-38-30-18-14-25(15-19-30)21-31(36)35(27-11-6-3-7-12-27)24-32(37)34(28-16-17-28)23-29-13-8-20-33(29)22-26-9-4-2-5-10-26/h2,4-5,8-10,13-15,18-20,27-28H,3,6-7,11-12,16-17,21-24H2,1H3. The summed E-state index contributed by atoms with van der Waals surface area (Å²) >= 11 is 0. The van der Waals surface area contributed by atoms with Crippen LogP contribution in [0.1, 0.15) is 61.8 Å². The number of aromatic nitrogens is 1. The van der Waals surface area contributed by atoms with Crippen LogP contribution >= 0.6 is 0 Å². The number of nitrogens with zero attached hydrogens (tertiary/aromatic N) is 3. The zero-order valence-electron chi connectivity index (χ0n) is 22.4. The van der Waals surface area contributed by atoms with E-state index in [9.17, 15) is 9.59 Å². The third-order valence-electron chi connectivity index (χ3n) is 7.92. The Morgan fingerprint density at radius 2 is 1.50 bits per heavy atom. The highest BCUT2D eigenvalue weighted by Crippen LogP contribution is 2.30. The van der Waals surface area contributed by atoms with Crippen LogP contribution in [0.4, 0.5) is 0 Å². The second kappa shape index (κ2) is 12.3. The van der Waals surface area contributed by atoms with E-state index in [1.807, 2.05) is 40.1 Å². The molecule has 200 valence electrons. The van der Waals surface area contributed by atoms with Gasteiger partial charge in [0.1, 0.15) is 12.3 Å². The van der Waals surface area contributed by atoms with Gasteiger partial charge in [0, 0.05) is 30.5 Å². The minimum absolute atomic E-state index is 0.0404. The molecule has 0 atom stereocenters. The van der Waals surface area contributed by atoms with Crippen LogP contribution in [0, 0.1) is 0 Å². The van der Waals surface area contributed by atoms with Crippen molar-refractivity contribution in [3.8, 4) is 5.75 Å². The maximum Gasteiger partial charge on any atom is 0.242 e. The van der Waals surface area contributed by atoms with Gasteiger partial charge in [-0.2, -0.15) is 0 Å². The van der Waals surface area contributed by atoms with Crippen LogP contribution in [0.2, 0.25) is 0 Å². The van der Waals surface area contributed by atoms with Crippen LogP contribution in [0.5, 0.6) is 5.75 Å². The Morgan fingerprint density at radius 3 is 2.18 bits per heavy atom. The van der Waals surface area contributed by atoms with E-state index in [-0.39, 0.29) is 30.4 Å². The van der Waals surface area contributed by atoms with Crippen LogP contribution in [0.3, 0.4) is 0 Å². The summed E-state index contributed by atoms with van der Waals surface area (Å²) in [7, 11) is 1.64. The number of carbonyl (C=O) groups excluding carboxylic acids is 2. The van der Waals surface area contributed by atoms with E-state index in [1.54, 1.807) is 7.11 Å². The van der Waals surface area contributed by atoms with Crippen molar-refractivity contribution in [3.63, 3.8) is 0 Å². The molecule has 0 unspecified atom stereocenters. The molecule has 2 amide bonds. The fourth-order valence-corrected chi connectivity index (χ4v) is 5.58. The lowest BCUT2D eigenvalue weighted by Crippen LogP contribution is -2.49. The Hall–Kier alpha value is -3.54. The molecule has 0 aliphatic heterocycles. The zero-order chi connectivity index (χ0) is 26.3. The predicted octanol–water partition coefficient (Wildman–Crippen LogP) is 5.44. The number of hydrogen-bond acceptors (Lipinski definition) is 3. The number of hydrogen-bond donors (Lipinski definition) is 0. The van der Waals surface area contributed by atoms with Gasteiger partial charge < -0.3 is 19.1 Å². The van der Waals surface area contributed by atoms with Crippen molar-refractivity contribution in [2.45, 2.75) is 76.5 Å². The maximum absolute atomic E-state index is 13.8. The summed E-state index contributed by atoms with van der Waals surface area (Å²) < 4.78 is 7.49. The van der Waals surface area contributed by atoms with E-state index in [2.05, 4.69) is 47.2 Å². The molecule has 0 bridgehead atoms. The van der Waals surface area contributed by atoms with Gasteiger partial charge in [-0.05, 0) is 61.1 Å². The quantitative estimate of drug-likeness (QED) is 0.343. The summed E-state index contributed by atoms with van der Waals surface area (Å²) in [6.45, 7) is 1.52. The molecule has 2 saturated carbocycles. The van der Waals surface area contributed by atoms with E-state index in [1.165, 1.54) is 12.0 Å². The molecular weight excluding hydrogens is 474 g/mol. The zero-order valence-corrected chi connectivity index (χ0v) is 22.4. The van der Waals surface area contributed by atoms with Gasteiger partial charge in [-0.15, -0.1) is 0 Å². The van der Waals surface area contributed by atoms with Crippen molar-refractivity contribution in [2.24, 2.45) is 0 Å². The molecular formula is C32H39N3O3. The van der Waals surface area contributed by atoms with Gasteiger partial charge in [0.2, 0.25) is 11.8 Å². The average molecular weight is 514 g/mol. The molecule has 0 saturated heterocycles. The molecule has 2 aliphatic rings. The highest BCUT2D eigenvalue weighted by molar-refractivity contribution is 5.86. The first kappa shape index (κ1) is 26.1. The van der Waals surface area contributed by atoms with Crippen LogP contribution in [-0.2, 0) is 29.1 Å². The van der Waals surface area contributed by atoms with Gasteiger partial charge in [0.15, 0.2) is 0 Å². The van der Waals surface area contributed by atoms with Crippen molar-refractivity contribution >= 4 is 11.8 Å². The van der Waals surface area contributed by atoms with Gasteiger partial charge in [-0.25, -0.2) is 0 Å². The van der Waals surface area contributed by atoms with Crippen molar-refractivity contribution in [3.05, 3.63) is 89.7 Å². The van der Waals surface area contributed by atoms with E-state index >= 15 is 0 Å². The summed E-state index contributed by atoms with van der Waals surface area (Å²) in [5, 5.41) is 0. The lowest BCUT2D eigenvalue weighted by Gasteiger charge is -2.36. The maximum atomic E-state index is 13.8. The molecule has 0 N–H and O–H groups in total. The number of carbonyl (C=O) groups is 2. The first-order chi connectivity index (χ1) is 18.6. The van der Waals surface area contributed by atoms with Crippen LogP contribution in [0.25, 0.3) is 0 Å². The normalized spacial score (nSPS) is 15.7. The van der Waals surface area contributed by atoms with E-state index in [0.29, 0.717) is 13.0 Å². The van der Waals surface area contributed by atoms with Crippen LogP contribution in [0.15, 0.2) is 72.9 Å². The Labute approximate surface area is 226 Å². The van der Waals surface area contributed by atoms with Gasteiger partial charge in [0.25, 0.3) is 0 Å². The number of benzene rings is 2. The molecule has 1 heterocycles. The van der Waals surface area contributed by atoms with Crippen molar-refractivity contribution < 1.29 is 14.3 Å². The average Bonchev–Trinajstić information content (AvgIpc) is 3.71. The van der Waals surface area contributed by atoms with Gasteiger partial charge in [-0.3, -0.25) is 9.59 Å². The predicted molar refractivity (Wildman–Crippen MR) is 149 cm³/mol. The molecule has 0 radical (unpaired) electrons.